The second-order valence-electron chi connectivity index (χ2n) is 17.6. The van der Waals surface area contributed by atoms with Crippen LogP contribution in [-0.2, 0) is 14.3 Å². The Morgan fingerprint density at radius 1 is 0.483 bits per heavy atom. The van der Waals surface area contributed by atoms with E-state index in [0.29, 0.717) is 19.3 Å². The second kappa shape index (κ2) is 47.9. The highest BCUT2D eigenvalue weighted by Crippen LogP contribution is 2.17. The van der Waals surface area contributed by atoms with Crippen molar-refractivity contribution in [2.75, 3.05) is 6.61 Å². The van der Waals surface area contributed by atoms with Gasteiger partial charge in [0, 0.05) is 6.42 Å². The zero-order valence-corrected chi connectivity index (χ0v) is 39.8. The molecule has 6 nitrogen and oxygen atoms in total. The molecule has 0 saturated carbocycles. The summed E-state index contributed by atoms with van der Waals surface area (Å²) in [6.07, 6.45) is 57.4. The summed E-state index contributed by atoms with van der Waals surface area (Å²) in [6, 6.07) is -0.708. The van der Waals surface area contributed by atoms with E-state index in [0.717, 1.165) is 83.5 Å². The molecule has 0 bridgehead atoms. The van der Waals surface area contributed by atoms with E-state index >= 15 is 0 Å². The van der Waals surface area contributed by atoms with E-state index in [9.17, 15) is 19.8 Å². The highest BCUT2D eigenvalue weighted by atomic mass is 16.5. The molecule has 0 aliphatic rings. The van der Waals surface area contributed by atoms with Gasteiger partial charge in [-0.05, 0) is 89.9 Å². The second-order valence-corrected chi connectivity index (χ2v) is 17.6. The molecule has 3 atom stereocenters. The Labute approximate surface area is 372 Å². The van der Waals surface area contributed by atoms with Gasteiger partial charge in [0.2, 0.25) is 5.91 Å². The molecule has 6 heteroatoms. The number of aliphatic hydroxyl groups excluding tert-OH is 2. The molecule has 0 saturated heterocycles. The largest absolute Gasteiger partial charge is 0.462 e. The molecule has 0 spiro atoms. The zero-order valence-electron chi connectivity index (χ0n) is 39.8. The van der Waals surface area contributed by atoms with Gasteiger partial charge in [-0.2, -0.15) is 0 Å². The van der Waals surface area contributed by atoms with Crippen molar-refractivity contribution in [2.45, 2.75) is 277 Å². The lowest BCUT2D eigenvalue weighted by Crippen LogP contribution is -2.46. The number of hydrogen-bond acceptors (Lipinski definition) is 5. The van der Waals surface area contributed by atoms with Crippen molar-refractivity contribution in [2.24, 2.45) is 0 Å². The molecule has 0 radical (unpaired) electrons. The van der Waals surface area contributed by atoms with Gasteiger partial charge in [0.1, 0.15) is 6.10 Å². The molecule has 1 amide bonds. The number of unbranched alkanes of at least 4 members (excludes halogenated alkanes) is 26. The monoisotopic (exact) mass is 842 g/mol. The SMILES string of the molecule is CCCCC/C=C\C/C=C\C/C=C\CCCCCCC(CC(=O)NC(CO)C(O)CCCCCCCCCCC)OC(=O)CCCCCCCCC/C=C\CCCCCC. The van der Waals surface area contributed by atoms with Gasteiger partial charge in [0.25, 0.3) is 0 Å². The molecule has 0 aromatic carbocycles. The maximum absolute atomic E-state index is 13.2. The smallest absolute Gasteiger partial charge is 0.306 e. The minimum absolute atomic E-state index is 0.0614. The Hall–Kier alpha value is -2.18. The molecule has 0 aliphatic heterocycles. The Morgan fingerprint density at radius 2 is 0.850 bits per heavy atom. The minimum Gasteiger partial charge on any atom is -0.462 e. The fourth-order valence-corrected chi connectivity index (χ4v) is 7.67. The predicted octanol–water partition coefficient (Wildman–Crippen LogP) is 15.5. The normalized spacial score (nSPS) is 13.6. The van der Waals surface area contributed by atoms with Crippen molar-refractivity contribution in [3.05, 3.63) is 48.6 Å². The van der Waals surface area contributed by atoms with Gasteiger partial charge in [0.05, 0.1) is 25.2 Å². The molecule has 0 aromatic rings. The van der Waals surface area contributed by atoms with Crippen LogP contribution in [0.25, 0.3) is 0 Å². The third-order valence-corrected chi connectivity index (χ3v) is 11.6. The summed E-state index contributed by atoms with van der Waals surface area (Å²) in [5.74, 6) is -0.497. The molecule has 0 aromatic heterocycles. The van der Waals surface area contributed by atoms with Crippen LogP contribution in [0.4, 0.5) is 0 Å². The first kappa shape index (κ1) is 57.8. The van der Waals surface area contributed by atoms with E-state index in [4.69, 9.17) is 4.74 Å². The van der Waals surface area contributed by atoms with Crippen LogP contribution in [0.1, 0.15) is 258 Å². The van der Waals surface area contributed by atoms with Gasteiger partial charge in [0.15, 0.2) is 0 Å². The lowest BCUT2D eigenvalue weighted by Gasteiger charge is -2.24. The first-order chi connectivity index (χ1) is 29.5. The van der Waals surface area contributed by atoms with Crippen LogP contribution in [0.5, 0.6) is 0 Å². The van der Waals surface area contributed by atoms with Crippen molar-refractivity contribution in [3.63, 3.8) is 0 Å². The van der Waals surface area contributed by atoms with Gasteiger partial charge in [-0.3, -0.25) is 9.59 Å². The van der Waals surface area contributed by atoms with Gasteiger partial charge in [-0.25, -0.2) is 0 Å². The maximum atomic E-state index is 13.2. The number of rotatable bonds is 46. The number of amides is 1. The Bertz CT molecular complexity index is 1040. The number of ether oxygens (including phenoxy) is 1. The molecular weight excluding hydrogens is 743 g/mol. The molecule has 0 fully saturated rings. The molecule has 350 valence electrons. The van der Waals surface area contributed by atoms with E-state index in [1.807, 2.05) is 0 Å². The van der Waals surface area contributed by atoms with Crippen LogP contribution in [0.3, 0.4) is 0 Å². The quantitative estimate of drug-likeness (QED) is 0.0322. The van der Waals surface area contributed by atoms with Crippen LogP contribution in [0.2, 0.25) is 0 Å². The standard InChI is InChI=1S/C54H99NO5/c1-4-7-10-13-16-19-21-23-25-26-28-29-31-34-36-39-42-45-50(48-53(58)55-51(49-56)52(57)46-43-40-37-33-18-15-12-9-6-3)60-54(59)47-44-41-38-35-32-30-27-24-22-20-17-14-11-8-5-2/h16,19-20,22-23,25,28-29,50-52,56-57H,4-15,17-18,21,24,26-27,30-49H2,1-3H3,(H,55,58)/b19-16-,22-20-,25-23-,29-28-. The first-order valence-corrected chi connectivity index (χ1v) is 25.9. The van der Waals surface area contributed by atoms with Gasteiger partial charge < -0.3 is 20.3 Å². The van der Waals surface area contributed by atoms with E-state index < -0.39 is 18.2 Å². The van der Waals surface area contributed by atoms with Crippen molar-refractivity contribution < 1.29 is 24.5 Å². The molecule has 3 unspecified atom stereocenters. The lowest BCUT2D eigenvalue weighted by molar-refractivity contribution is -0.151. The van der Waals surface area contributed by atoms with Crippen LogP contribution in [0, 0.1) is 0 Å². The fourth-order valence-electron chi connectivity index (χ4n) is 7.67. The summed E-state index contributed by atoms with van der Waals surface area (Å²) in [6.45, 7) is 6.42. The molecule has 0 rings (SSSR count). The Morgan fingerprint density at radius 3 is 1.35 bits per heavy atom. The summed E-state index contributed by atoms with van der Waals surface area (Å²) >= 11 is 0. The number of allylic oxidation sites excluding steroid dienone is 8. The van der Waals surface area contributed by atoms with Crippen molar-refractivity contribution in [3.8, 4) is 0 Å². The average Bonchev–Trinajstić information content (AvgIpc) is 3.24. The van der Waals surface area contributed by atoms with E-state index in [1.165, 1.54) is 128 Å². The first-order valence-electron chi connectivity index (χ1n) is 25.9. The number of hydrogen-bond donors (Lipinski definition) is 3. The minimum atomic E-state index is -0.793. The zero-order chi connectivity index (χ0) is 43.8. The van der Waals surface area contributed by atoms with E-state index in [1.54, 1.807) is 0 Å². The number of esters is 1. The van der Waals surface area contributed by atoms with E-state index in [-0.39, 0.29) is 24.9 Å². The fraction of sp³-hybridized carbons (Fsp3) is 0.815. The molecular formula is C54H99NO5. The van der Waals surface area contributed by atoms with Gasteiger partial charge in [-0.15, -0.1) is 0 Å². The number of carbonyl (C=O) groups is 2. The van der Waals surface area contributed by atoms with Crippen LogP contribution in [0.15, 0.2) is 48.6 Å². The summed E-state index contributed by atoms with van der Waals surface area (Å²) in [4.78, 5) is 26.1. The average molecular weight is 842 g/mol. The summed E-state index contributed by atoms with van der Waals surface area (Å²) in [7, 11) is 0. The van der Waals surface area contributed by atoms with E-state index in [2.05, 4.69) is 74.7 Å². The third-order valence-electron chi connectivity index (χ3n) is 11.6. The third kappa shape index (κ3) is 42.5. The summed E-state index contributed by atoms with van der Waals surface area (Å²) in [5, 5.41) is 23.7. The van der Waals surface area contributed by atoms with Crippen molar-refractivity contribution in [1.82, 2.24) is 5.32 Å². The Kier molecular flexibility index (Phi) is 46.1. The van der Waals surface area contributed by atoms with Crippen molar-refractivity contribution >= 4 is 11.9 Å². The molecule has 0 aliphatic carbocycles. The molecule has 0 heterocycles. The Balaban J connectivity index is 4.63. The number of aliphatic hydroxyl groups is 2. The highest BCUT2D eigenvalue weighted by molar-refractivity contribution is 5.77. The topological polar surface area (TPSA) is 95.9 Å². The van der Waals surface area contributed by atoms with Crippen LogP contribution >= 0.6 is 0 Å². The van der Waals surface area contributed by atoms with Crippen molar-refractivity contribution in [1.29, 1.82) is 0 Å². The van der Waals surface area contributed by atoms with Gasteiger partial charge >= 0.3 is 5.97 Å². The predicted molar refractivity (Wildman–Crippen MR) is 259 cm³/mol. The van der Waals surface area contributed by atoms with Crippen LogP contribution in [-0.4, -0.2) is 46.9 Å². The number of carbonyl (C=O) groups excluding carboxylic acids is 2. The molecule has 3 N–H and O–H groups in total. The highest BCUT2D eigenvalue weighted by Gasteiger charge is 2.24. The maximum Gasteiger partial charge on any atom is 0.306 e. The summed E-state index contributed by atoms with van der Waals surface area (Å²) in [5.41, 5.74) is 0. The summed E-state index contributed by atoms with van der Waals surface area (Å²) < 4.78 is 5.93. The van der Waals surface area contributed by atoms with Gasteiger partial charge in [-0.1, -0.05) is 204 Å². The number of nitrogens with one attached hydrogen (secondary N) is 1. The molecule has 60 heavy (non-hydrogen) atoms. The lowest BCUT2D eigenvalue weighted by atomic mass is 10.0. The van der Waals surface area contributed by atoms with Crippen LogP contribution < -0.4 is 5.32 Å².